The van der Waals surface area contributed by atoms with E-state index < -0.39 is 0 Å². The Hall–Kier alpha value is -2.90. The van der Waals surface area contributed by atoms with E-state index in [0.29, 0.717) is 43.1 Å². The van der Waals surface area contributed by atoms with Gasteiger partial charge < -0.3 is 25.0 Å². The minimum Gasteiger partial charge on any atom is -0.372 e. The molecule has 0 atom stereocenters. The zero-order valence-electron chi connectivity index (χ0n) is 15.6. The van der Waals surface area contributed by atoms with Gasteiger partial charge in [-0.05, 0) is 24.3 Å². The summed E-state index contributed by atoms with van der Waals surface area (Å²) in [5, 5.41) is 5.83. The molecule has 1 saturated heterocycles. The maximum atomic E-state index is 14.6. The summed E-state index contributed by atoms with van der Waals surface area (Å²) in [6, 6.07) is 12.4. The van der Waals surface area contributed by atoms with Crippen molar-refractivity contribution >= 4 is 28.5 Å². The van der Waals surface area contributed by atoms with Gasteiger partial charge in [0.1, 0.15) is 5.82 Å². The lowest BCUT2D eigenvalue weighted by molar-refractivity contribution is -0.110. The smallest absolute Gasteiger partial charge is 0.257 e. The number of amides is 1. The average molecular weight is 383 g/mol. The Bertz CT molecular complexity index is 910. The second-order valence-corrected chi connectivity index (χ2v) is 6.75. The van der Waals surface area contributed by atoms with Crippen LogP contribution in [0.2, 0.25) is 0 Å². The topological polar surface area (TPSA) is 62.8 Å². The number of anilines is 3. The number of nitrogens with zero attached hydrogens (tertiary/aromatic N) is 1. The maximum absolute atomic E-state index is 14.6. The molecule has 0 bridgehead atoms. The second-order valence-electron chi connectivity index (χ2n) is 6.75. The molecule has 0 aliphatic carbocycles. The van der Waals surface area contributed by atoms with Gasteiger partial charge >= 0.3 is 0 Å². The molecular weight excluding hydrogens is 361 g/mol. The van der Waals surface area contributed by atoms with Crippen LogP contribution in [0.3, 0.4) is 0 Å². The first-order valence-electron chi connectivity index (χ1n) is 9.23. The van der Waals surface area contributed by atoms with E-state index in [1.165, 1.54) is 6.07 Å². The summed E-state index contributed by atoms with van der Waals surface area (Å²) >= 11 is 0. The van der Waals surface area contributed by atoms with Gasteiger partial charge in [0.05, 0.1) is 24.5 Å². The SMILES string of the molecule is CN(CCC1OCCO1)c1ccc(N/C=C2/C(=O)Nc3ccccc32)cc1F. The highest BCUT2D eigenvalue weighted by atomic mass is 19.1. The summed E-state index contributed by atoms with van der Waals surface area (Å²) in [5.41, 5.74) is 3.20. The summed E-state index contributed by atoms with van der Waals surface area (Å²) in [6.45, 7) is 1.84. The van der Waals surface area contributed by atoms with Gasteiger partial charge in [-0.3, -0.25) is 4.79 Å². The van der Waals surface area contributed by atoms with E-state index in [-0.39, 0.29) is 18.0 Å². The Morgan fingerprint density at radius 1 is 1.25 bits per heavy atom. The van der Waals surface area contributed by atoms with Crippen LogP contribution in [-0.4, -0.2) is 39.0 Å². The molecule has 1 fully saturated rings. The number of para-hydroxylation sites is 1. The zero-order chi connectivity index (χ0) is 19.5. The summed E-state index contributed by atoms with van der Waals surface area (Å²) in [4.78, 5) is 14.0. The molecule has 0 unspecified atom stereocenters. The molecule has 6 nitrogen and oxygen atoms in total. The maximum Gasteiger partial charge on any atom is 0.257 e. The number of halogens is 1. The van der Waals surface area contributed by atoms with Gasteiger partial charge in [0.15, 0.2) is 6.29 Å². The molecule has 28 heavy (non-hydrogen) atoms. The number of nitrogens with one attached hydrogen (secondary N) is 2. The standard InChI is InChI=1S/C21H22FN3O3/c1-25(9-8-20-27-10-11-28-20)19-7-6-14(12-17(19)22)23-13-16-15-4-2-3-5-18(15)24-21(16)26/h2-7,12-13,20,23H,8-11H2,1H3,(H,24,26)/b16-13+. The van der Waals surface area contributed by atoms with Crippen LogP contribution in [0, 0.1) is 5.82 Å². The van der Waals surface area contributed by atoms with Crippen LogP contribution in [-0.2, 0) is 14.3 Å². The number of ether oxygens (including phenoxy) is 2. The van der Waals surface area contributed by atoms with E-state index >= 15 is 0 Å². The average Bonchev–Trinajstić information content (AvgIpc) is 3.31. The fourth-order valence-electron chi connectivity index (χ4n) is 3.34. The minimum absolute atomic E-state index is 0.179. The molecule has 1 amide bonds. The number of rotatable bonds is 6. The van der Waals surface area contributed by atoms with Gasteiger partial charge in [0.25, 0.3) is 5.91 Å². The third-order valence-electron chi connectivity index (χ3n) is 4.84. The van der Waals surface area contributed by atoms with Gasteiger partial charge in [-0.15, -0.1) is 0 Å². The molecule has 0 saturated carbocycles. The van der Waals surface area contributed by atoms with Crippen LogP contribution in [0.15, 0.2) is 48.7 Å². The van der Waals surface area contributed by atoms with Crippen molar-refractivity contribution in [1.82, 2.24) is 0 Å². The van der Waals surface area contributed by atoms with Crippen molar-refractivity contribution in [2.45, 2.75) is 12.7 Å². The molecule has 0 radical (unpaired) electrons. The third-order valence-corrected chi connectivity index (χ3v) is 4.84. The van der Waals surface area contributed by atoms with Gasteiger partial charge in [0, 0.05) is 43.2 Å². The van der Waals surface area contributed by atoms with Crippen LogP contribution in [0.1, 0.15) is 12.0 Å². The molecule has 2 aliphatic rings. The fraction of sp³-hybridized carbons (Fsp3) is 0.286. The first-order chi connectivity index (χ1) is 13.6. The first-order valence-corrected chi connectivity index (χ1v) is 9.23. The Morgan fingerprint density at radius 2 is 2.04 bits per heavy atom. The molecule has 2 heterocycles. The first kappa shape index (κ1) is 18.5. The zero-order valence-corrected chi connectivity index (χ0v) is 15.6. The van der Waals surface area contributed by atoms with Gasteiger partial charge in [-0.25, -0.2) is 4.39 Å². The molecule has 2 N–H and O–H groups in total. The quantitative estimate of drug-likeness (QED) is 0.749. The van der Waals surface area contributed by atoms with Crippen LogP contribution >= 0.6 is 0 Å². The summed E-state index contributed by atoms with van der Waals surface area (Å²) in [6.07, 6.45) is 2.07. The molecule has 4 rings (SSSR count). The third kappa shape index (κ3) is 3.85. The second kappa shape index (κ2) is 8.00. The van der Waals surface area contributed by atoms with Crippen molar-refractivity contribution in [2.24, 2.45) is 0 Å². The van der Waals surface area contributed by atoms with E-state index in [4.69, 9.17) is 9.47 Å². The molecule has 146 valence electrons. The molecule has 7 heteroatoms. The summed E-state index contributed by atoms with van der Waals surface area (Å²) < 4.78 is 25.4. The Balaban J connectivity index is 1.42. The van der Waals surface area contributed by atoms with Crippen molar-refractivity contribution < 1.29 is 18.7 Å². The van der Waals surface area contributed by atoms with Crippen molar-refractivity contribution in [3.8, 4) is 0 Å². The molecule has 2 aliphatic heterocycles. The number of carbonyl (C=O) groups is 1. The molecular formula is C21H22FN3O3. The summed E-state index contributed by atoms with van der Waals surface area (Å²) in [7, 11) is 1.84. The largest absolute Gasteiger partial charge is 0.372 e. The number of fused-ring (bicyclic) bond motifs is 1. The Kier molecular flexibility index (Phi) is 5.27. The number of hydrogen-bond acceptors (Lipinski definition) is 5. The Labute approximate surface area is 162 Å². The van der Waals surface area contributed by atoms with Gasteiger partial charge in [0.2, 0.25) is 0 Å². The molecule has 2 aromatic carbocycles. The van der Waals surface area contributed by atoms with Crippen LogP contribution < -0.4 is 15.5 Å². The summed E-state index contributed by atoms with van der Waals surface area (Å²) in [5.74, 6) is -0.516. The lowest BCUT2D eigenvalue weighted by Crippen LogP contribution is -2.24. The fourth-order valence-corrected chi connectivity index (χ4v) is 3.34. The van der Waals surface area contributed by atoms with E-state index in [2.05, 4.69) is 10.6 Å². The normalized spacial score (nSPS) is 17.6. The van der Waals surface area contributed by atoms with E-state index in [9.17, 15) is 9.18 Å². The van der Waals surface area contributed by atoms with Crippen LogP contribution in [0.5, 0.6) is 0 Å². The van der Waals surface area contributed by atoms with Crippen LogP contribution in [0.4, 0.5) is 21.5 Å². The van der Waals surface area contributed by atoms with Crippen LogP contribution in [0.25, 0.3) is 5.57 Å². The molecule has 0 spiro atoms. The van der Waals surface area contributed by atoms with Gasteiger partial charge in [-0.1, -0.05) is 18.2 Å². The monoisotopic (exact) mass is 383 g/mol. The Morgan fingerprint density at radius 3 is 2.82 bits per heavy atom. The number of carbonyl (C=O) groups excluding carboxylic acids is 1. The predicted octanol–water partition coefficient (Wildman–Crippen LogP) is 3.43. The van der Waals surface area contributed by atoms with Crippen molar-refractivity contribution in [3.05, 3.63) is 60.0 Å². The highest BCUT2D eigenvalue weighted by Crippen LogP contribution is 2.31. The minimum atomic E-state index is -0.338. The molecule has 0 aromatic heterocycles. The van der Waals surface area contributed by atoms with Crippen molar-refractivity contribution in [3.63, 3.8) is 0 Å². The van der Waals surface area contributed by atoms with Crippen molar-refractivity contribution in [1.29, 1.82) is 0 Å². The highest BCUT2D eigenvalue weighted by molar-refractivity contribution is 6.31. The number of hydrogen-bond donors (Lipinski definition) is 2. The predicted molar refractivity (Wildman–Crippen MR) is 107 cm³/mol. The molecule has 2 aromatic rings. The highest BCUT2D eigenvalue weighted by Gasteiger charge is 2.23. The number of benzene rings is 2. The van der Waals surface area contributed by atoms with E-state index in [0.717, 1.165) is 11.3 Å². The van der Waals surface area contributed by atoms with Gasteiger partial charge in [-0.2, -0.15) is 0 Å². The lowest BCUT2D eigenvalue weighted by atomic mass is 10.1. The van der Waals surface area contributed by atoms with Crippen molar-refractivity contribution in [2.75, 3.05) is 42.3 Å². The van der Waals surface area contributed by atoms with E-state index in [1.807, 2.05) is 36.2 Å². The van der Waals surface area contributed by atoms with E-state index in [1.54, 1.807) is 18.3 Å². The lowest BCUT2D eigenvalue weighted by Gasteiger charge is -2.21.